The van der Waals surface area contributed by atoms with Crippen LogP contribution in [0.2, 0.25) is 0 Å². The quantitative estimate of drug-likeness (QED) is 0.0104. The number of unbranched alkanes of at least 4 members (excludes halogenated alkanes) is 24. The zero-order valence-corrected chi connectivity index (χ0v) is 52.8. The molecule has 0 aromatic carbocycles. The first kappa shape index (κ1) is 78.2. The molecule has 472 valence electrons. The molecule has 0 heterocycles. The van der Waals surface area contributed by atoms with E-state index in [1.54, 1.807) is 0 Å². The van der Waals surface area contributed by atoms with Gasteiger partial charge in [-0.3, -0.25) is 36.7 Å². The molecule has 0 aliphatic rings. The second-order valence-electron chi connectivity index (χ2n) is 20.9. The molecule has 0 radical (unpaired) electrons. The molecular formula is C59H112N6O14P2. The summed E-state index contributed by atoms with van der Waals surface area (Å²) in [5, 5.41) is 7.52. The van der Waals surface area contributed by atoms with Crippen molar-refractivity contribution in [3.63, 3.8) is 0 Å². The summed E-state index contributed by atoms with van der Waals surface area (Å²) in [6.07, 6.45) is 37.1. The van der Waals surface area contributed by atoms with Crippen molar-refractivity contribution in [2.45, 2.75) is 277 Å². The molecule has 81 heavy (non-hydrogen) atoms. The van der Waals surface area contributed by atoms with Gasteiger partial charge in [0.25, 0.3) is 0 Å². The van der Waals surface area contributed by atoms with E-state index in [4.69, 9.17) is 46.1 Å². The Morgan fingerprint density at radius 3 is 1.06 bits per heavy atom. The minimum absolute atomic E-state index is 0.0223. The Morgan fingerprint density at radius 1 is 0.420 bits per heavy atom. The minimum Gasteiger partial charge on any atom is -0.462 e. The van der Waals surface area contributed by atoms with E-state index in [1.807, 2.05) is 0 Å². The van der Waals surface area contributed by atoms with E-state index in [0.29, 0.717) is 25.7 Å². The summed E-state index contributed by atoms with van der Waals surface area (Å²) in [4.78, 5) is 31.5. The third-order valence-corrected chi connectivity index (χ3v) is 16.2. The normalized spacial score (nSPS) is 14.4. The fraction of sp³-hybridized carbons (Fsp3) is 0.898. The predicted molar refractivity (Wildman–Crippen MR) is 323 cm³/mol. The highest BCUT2D eigenvalue weighted by molar-refractivity contribution is 7.48. The van der Waals surface area contributed by atoms with Crippen molar-refractivity contribution in [3.8, 4) is 0 Å². The summed E-state index contributed by atoms with van der Waals surface area (Å²) in [6.45, 7) is 14.7. The lowest BCUT2D eigenvalue weighted by atomic mass is 10.1. The van der Waals surface area contributed by atoms with Crippen molar-refractivity contribution < 1.29 is 64.8 Å². The molecule has 0 aromatic rings. The molecule has 0 bridgehead atoms. The number of ether oxygens (including phenoxy) is 4. The van der Waals surface area contributed by atoms with Crippen LogP contribution in [-0.4, -0.2) is 102 Å². The maximum Gasteiger partial charge on any atom is 0.475 e. The van der Waals surface area contributed by atoms with Crippen molar-refractivity contribution in [2.75, 3.05) is 66.1 Å². The van der Waals surface area contributed by atoms with Crippen LogP contribution in [0.1, 0.15) is 252 Å². The van der Waals surface area contributed by atoms with Gasteiger partial charge in [-0.25, -0.2) is 9.13 Å². The minimum atomic E-state index is -4.26. The lowest BCUT2D eigenvalue weighted by Crippen LogP contribution is -2.23. The SMILES string of the molecule is C=CCOP(=O)(OCCCOP(=O)(OCC=C)OCC(COCC[C@@H](CCCCCCC)OC(=O)CCCCCCCCCCC)N=[N+]=[N-])OCC(COCC[C@@H](CCCCCCC)OC(=O)CCCCCCCCCCC)N=[N+]=[N-]. The fourth-order valence-corrected chi connectivity index (χ4v) is 11.1. The number of rotatable bonds is 64. The van der Waals surface area contributed by atoms with E-state index in [2.05, 4.69) is 60.9 Å². The maximum atomic E-state index is 13.7. The Kier molecular flexibility index (Phi) is 55.6. The topological polar surface area (TPSA) is 258 Å². The van der Waals surface area contributed by atoms with Gasteiger partial charge in [-0.1, -0.05) is 204 Å². The third-order valence-electron chi connectivity index (χ3n) is 13.4. The molecule has 22 heteroatoms. The molecule has 0 aliphatic heterocycles. The van der Waals surface area contributed by atoms with Crippen molar-refractivity contribution >= 4 is 27.6 Å². The van der Waals surface area contributed by atoms with Crippen LogP contribution in [0.15, 0.2) is 35.5 Å². The average molecular weight is 1190 g/mol. The Hall–Kier alpha value is -2.82. The number of carbonyl (C=O) groups excluding carboxylic acids is 2. The fourth-order valence-electron chi connectivity index (χ4n) is 8.65. The van der Waals surface area contributed by atoms with Crippen LogP contribution in [0.25, 0.3) is 20.9 Å². The lowest BCUT2D eigenvalue weighted by molar-refractivity contribution is -0.151. The van der Waals surface area contributed by atoms with E-state index in [0.717, 1.165) is 116 Å². The van der Waals surface area contributed by atoms with Crippen LogP contribution < -0.4 is 0 Å². The van der Waals surface area contributed by atoms with E-state index in [1.165, 1.54) is 89.2 Å². The van der Waals surface area contributed by atoms with Crippen molar-refractivity contribution in [3.05, 3.63) is 46.2 Å². The number of azide groups is 2. The molecule has 0 saturated heterocycles. The molecular weight excluding hydrogens is 1080 g/mol. The van der Waals surface area contributed by atoms with Crippen LogP contribution in [0.3, 0.4) is 0 Å². The molecule has 6 atom stereocenters. The first-order valence-electron chi connectivity index (χ1n) is 31.4. The van der Waals surface area contributed by atoms with Crippen molar-refractivity contribution in [1.82, 2.24) is 0 Å². The van der Waals surface area contributed by atoms with Gasteiger partial charge in [0.05, 0.1) is 78.2 Å². The lowest BCUT2D eigenvalue weighted by Gasteiger charge is -2.21. The molecule has 0 N–H and O–H groups in total. The van der Waals surface area contributed by atoms with Crippen LogP contribution >= 0.6 is 15.6 Å². The van der Waals surface area contributed by atoms with Crippen LogP contribution in [0.5, 0.6) is 0 Å². The Labute approximate surface area is 489 Å². The van der Waals surface area contributed by atoms with E-state index < -0.39 is 27.7 Å². The zero-order valence-electron chi connectivity index (χ0n) is 51.0. The van der Waals surface area contributed by atoms with Crippen LogP contribution in [-0.2, 0) is 64.8 Å². The van der Waals surface area contributed by atoms with E-state index >= 15 is 0 Å². The number of nitrogens with zero attached hydrogens (tertiary/aromatic N) is 6. The summed E-state index contributed by atoms with van der Waals surface area (Å²) in [5.74, 6) is -0.390. The van der Waals surface area contributed by atoms with Gasteiger partial charge >= 0.3 is 27.6 Å². The highest BCUT2D eigenvalue weighted by Gasteiger charge is 2.30. The summed E-state index contributed by atoms with van der Waals surface area (Å²) in [5.41, 5.74) is 18.6. The van der Waals surface area contributed by atoms with Gasteiger partial charge in [0.1, 0.15) is 12.2 Å². The van der Waals surface area contributed by atoms with Crippen LogP contribution in [0.4, 0.5) is 0 Å². The van der Waals surface area contributed by atoms with E-state index in [9.17, 15) is 29.8 Å². The number of phosphoric acid groups is 2. The summed E-state index contributed by atoms with van der Waals surface area (Å²) in [7, 11) is -8.52. The largest absolute Gasteiger partial charge is 0.475 e. The average Bonchev–Trinajstić information content (AvgIpc) is 3.45. The number of phosphoric ester groups is 2. The Bertz CT molecular complexity index is 1610. The number of hydrogen-bond acceptors (Lipinski definition) is 16. The van der Waals surface area contributed by atoms with Gasteiger partial charge in [-0.2, -0.15) is 0 Å². The monoisotopic (exact) mass is 1190 g/mol. The van der Waals surface area contributed by atoms with Gasteiger partial charge < -0.3 is 18.9 Å². The molecule has 0 rings (SSSR count). The summed E-state index contributed by atoms with van der Waals surface area (Å²) < 4.78 is 84.1. The molecule has 0 amide bonds. The molecule has 4 unspecified atom stereocenters. The number of esters is 2. The number of carbonyl (C=O) groups is 2. The first-order valence-corrected chi connectivity index (χ1v) is 34.3. The molecule has 0 saturated carbocycles. The van der Waals surface area contributed by atoms with Gasteiger partial charge in [0.2, 0.25) is 0 Å². The van der Waals surface area contributed by atoms with Gasteiger partial charge in [0, 0.05) is 35.5 Å². The number of hydrogen-bond donors (Lipinski definition) is 0. The predicted octanol–water partition coefficient (Wildman–Crippen LogP) is 18.6. The smallest absolute Gasteiger partial charge is 0.462 e. The highest BCUT2D eigenvalue weighted by Crippen LogP contribution is 2.51. The molecule has 0 spiro atoms. The standard InChI is InChI=1S/C59H112N6O14P2/c1-7-13-17-21-23-25-27-31-35-40-58(66)78-56(38-33-29-19-15-9-3)42-48-70-50-54(62-64-60)52-76-80(68,72-44-11-5)74-46-37-47-75-81(69,73-45-12-6)77-53-55(63-65-61)51-71-49-43-57(39-34-30-20-16-10-4)79-59(67)41-36-32-28-26-24-22-18-14-8-2/h11-12,54-57H,5-10,13-53H2,1-4H3/t54?,55?,56-,57-,80?,81?/m1/s1. The van der Waals surface area contributed by atoms with Gasteiger partial charge in [0.15, 0.2) is 0 Å². The molecule has 0 fully saturated rings. The van der Waals surface area contributed by atoms with Gasteiger partial charge in [-0.05, 0) is 56.0 Å². The van der Waals surface area contributed by atoms with Crippen LogP contribution in [0, 0.1) is 0 Å². The molecule has 0 aliphatic carbocycles. The maximum absolute atomic E-state index is 13.7. The molecule has 20 nitrogen and oxygen atoms in total. The summed E-state index contributed by atoms with van der Waals surface area (Å²) in [6, 6.07) is -1.81. The second kappa shape index (κ2) is 57.6. The second-order valence-corrected chi connectivity index (χ2v) is 24.2. The highest BCUT2D eigenvalue weighted by atomic mass is 31.2. The summed E-state index contributed by atoms with van der Waals surface area (Å²) >= 11 is 0. The van der Waals surface area contributed by atoms with Crippen molar-refractivity contribution in [1.29, 1.82) is 0 Å². The van der Waals surface area contributed by atoms with Gasteiger partial charge in [-0.15, -0.1) is 13.2 Å². The third kappa shape index (κ3) is 50.2. The zero-order chi connectivity index (χ0) is 59.6. The Morgan fingerprint density at radius 2 is 0.741 bits per heavy atom. The van der Waals surface area contributed by atoms with E-state index in [-0.39, 0.29) is 96.6 Å². The Balaban J connectivity index is 5.25. The van der Waals surface area contributed by atoms with Crippen molar-refractivity contribution in [2.24, 2.45) is 10.2 Å². The first-order chi connectivity index (χ1) is 39.5. The molecule has 0 aromatic heterocycles.